The fourth-order valence-corrected chi connectivity index (χ4v) is 3.71. The number of para-hydroxylation sites is 1. The van der Waals surface area contributed by atoms with Gasteiger partial charge in [0.2, 0.25) is 0 Å². The van der Waals surface area contributed by atoms with Crippen LogP contribution in [0.1, 0.15) is 21.7 Å². The Morgan fingerprint density at radius 2 is 2.08 bits per heavy atom. The van der Waals surface area contributed by atoms with Crippen molar-refractivity contribution in [3.8, 4) is 5.75 Å². The number of benzene rings is 1. The standard InChI is InChI=1S/C19H20N2O3/c1-23-18(22)16-7-4-6-15(20-16)10-21-11-19(12-21)9-14-5-2-3-8-17(14)24-13-19/h2-8H,9-13H2,1H3. The first-order chi connectivity index (χ1) is 11.7. The molecule has 1 spiro atoms. The van der Waals surface area contributed by atoms with E-state index in [9.17, 15) is 4.79 Å². The molecule has 1 saturated heterocycles. The van der Waals surface area contributed by atoms with Gasteiger partial charge in [-0.05, 0) is 30.2 Å². The summed E-state index contributed by atoms with van der Waals surface area (Å²) in [7, 11) is 1.37. The lowest BCUT2D eigenvalue weighted by molar-refractivity contribution is -0.0484. The smallest absolute Gasteiger partial charge is 0.356 e. The first kappa shape index (κ1) is 15.1. The van der Waals surface area contributed by atoms with Crippen LogP contribution in [0, 0.1) is 5.41 Å². The molecule has 0 unspecified atom stereocenters. The van der Waals surface area contributed by atoms with Crippen molar-refractivity contribution < 1.29 is 14.3 Å². The van der Waals surface area contributed by atoms with Crippen LogP contribution in [0.15, 0.2) is 42.5 Å². The van der Waals surface area contributed by atoms with Gasteiger partial charge in [-0.15, -0.1) is 0 Å². The maximum atomic E-state index is 11.6. The minimum atomic E-state index is -0.394. The van der Waals surface area contributed by atoms with Crippen LogP contribution in [0.3, 0.4) is 0 Å². The second-order valence-electron chi connectivity index (χ2n) is 6.72. The molecule has 0 saturated carbocycles. The second kappa shape index (κ2) is 5.91. The number of carbonyl (C=O) groups is 1. The Kier molecular flexibility index (Phi) is 3.73. The number of aromatic nitrogens is 1. The first-order valence-corrected chi connectivity index (χ1v) is 8.15. The lowest BCUT2D eigenvalue weighted by atomic mass is 9.74. The second-order valence-corrected chi connectivity index (χ2v) is 6.72. The third-order valence-corrected chi connectivity index (χ3v) is 4.78. The van der Waals surface area contributed by atoms with Crippen molar-refractivity contribution in [2.75, 3.05) is 26.8 Å². The maximum absolute atomic E-state index is 11.6. The van der Waals surface area contributed by atoms with E-state index in [1.807, 2.05) is 24.3 Å². The Labute approximate surface area is 141 Å². The van der Waals surface area contributed by atoms with Gasteiger partial charge in [-0.3, -0.25) is 4.90 Å². The molecule has 4 rings (SSSR count). The van der Waals surface area contributed by atoms with Crippen molar-refractivity contribution in [2.45, 2.75) is 13.0 Å². The summed E-state index contributed by atoms with van der Waals surface area (Å²) >= 11 is 0. The predicted octanol–water partition coefficient (Wildman–Crippen LogP) is 2.31. The van der Waals surface area contributed by atoms with Crippen molar-refractivity contribution >= 4 is 5.97 Å². The van der Waals surface area contributed by atoms with Crippen molar-refractivity contribution in [3.63, 3.8) is 0 Å². The molecule has 1 aromatic heterocycles. The average Bonchev–Trinajstić information content (AvgIpc) is 2.60. The summed E-state index contributed by atoms with van der Waals surface area (Å²) in [5.41, 5.74) is 2.77. The van der Waals surface area contributed by atoms with Crippen LogP contribution in [0.4, 0.5) is 0 Å². The maximum Gasteiger partial charge on any atom is 0.356 e. The number of fused-ring (bicyclic) bond motifs is 1. The molecular formula is C19H20N2O3. The van der Waals surface area contributed by atoms with Crippen LogP contribution < -0.4 is 4.74 Å². The largest absolute Gasteiger partial charge is 0.493 e. The summed E-state index contributed by atoms with van der Waals surface area (Å²) in [6, 6.07) is 13.8. The number of esters is 1. The van der Waals surface area contributed by atoms with Gasteiger partial charge in [0.15, 0.2) is 0 Å². The van der Waals surface area contributed by atoms with Gasteiger partial charge >= 0.3 is 5.97 Å². The molecule has 124 valence electrons. The van der Waals surface area contributed by atoms with Crippen LogP contribution in [0.25, 0.3) is 0 Å². The summed E-state index contributed by atoms with van der Waals surface area (Å²) in [6.45, 7) is 3.50. The minimum Gasteiger partial charge on any atom is -0.493 e. The van der Waals surface area contributed by atoms with Crippen LogP contribution in [0.5, 0.6) is 5.75 Å². The number of ether oxygens (including phenoxy) is 2. The van der Waals surface area contributed by atoms with Crippen LogP contribution in [-0.4, -0.2) is 42.7 Å². The highest BCUT2D eigenvalue weighted by molar-refractivity contribution is 5.87. The normalized spacial score (nSPS) is 18.4. The molecule has 1 aromatic carbocycles. The van der Waals surface area contributed by atoms with Crippen molar-refractivity contribution in [2.24, 2.45) is 5.41 Å². The number of methoxy groups -OCH3 is 1. The first-order valence-electron chi connectivity index (χ1n) is 8.15. The van der Waals surface area contributed by atoms with Crippen molar-refractivity contribution in [3.05, 3.63) is 59.4 Å². The van der Waals surface area contributed by atoms with E-state index in [2.05, 4.69) is 22.0 Å². The molecule has 0 amide bonds. The van der Waals surface area contributed by atoms with E-state index in [0.717, 1.165) is 44.1 Å². The van der Waals surface area contributed by atoms with E-state index in [0.29, 0.717) is 5.69 Å². The third-order valence-electron chi connectivity index (χ3n) is 4.78. The summed E-state index contributed by atoms with van der Waals surface area (Å²) in [4.78, 5) is 18.3. The lowest BCUT2D eigenvalue weighted by Gasteiger charge is -2.52. The Hall–Kier alpha value is -2.40. The lowest BCUT2D eigenvalue weighted by Crippen LogP contribution is -2.60. The molecule has 3 heterocycles. The van der Waals surface area contributed by atoms with Crippen LogP contribution >= 0.6 is 0 Å². The number of likely N-dealkylation sites (tertiary alicyclic amines) is 1. The highest BCUT2D eigenvalue weighted by atomic mass is 16.5. The van der Waals surface area contributed by atoms with Gasteiger partial charge in [-0.25, -0.2) is 9.78 Å². The summed E-state index contributed by atoms with van der Waals surface area (Å²) < 4.78 is 10.7. The van der Waals surface area contributed by atoms with Crippen molar-refractivity contribution in [1.29, 1.82) is 0 Å². The van der Waals surface area contributed by atoms with E-state index in [1.165, 1.54) is 12.7 Å². The van der Waals surface area contributed by atoms with Gasteiger partial charge in [0, 0.05) is 25.0 Å². The van der Waals surface area contributed by atoms with Gasteiger partial charge in [-0.1, -0.05) is 24.3 Å². The number of hydrogen-bond donors (Lipinski definition) is 0. The van der Waals surface area contributed by atoms with Gasteiger partial charge in [-0.2, -0.15) is 0 Å². The summed E-state index contributed by atoms with van der Waals surface area (Å²) in [5, 5.41) is 0. The third kappa shape index (κ3) is 2.76. The van der Waals surface area contributed by atoms with E-state index < -0.39 is 5.97 Å². The molecular weight excluding hydrogens is 304 g/mol. The molecule has 2 aliphatic rings. The van der Waals surface area contributed by atoms with Gasteiger partial charge < -0.3 is 9.47 Å². The zero-order valence-electron chi connectivity index (χ0n) is 13.7. The predicted molar refractivity (Wildman–Crippen MR) is 88.9 cm³/mol. The fraction of sp³-hybridized carbons (Fsp3) is 0.368. The van der Waals surface area contributed by atoms with Crippen LogP contribution in [-0.2, 0) is 17.7 Å². The Bertz CT molecular complexity index is 769. The number of nitrogens with zero attached hydrogens (tertiary/aromatic N) is 2. The van der Waals surface area contributed by atoms with Gasteiger partial charge in [0.05, 0.1) is 19.4 Å². The summed E-state index contributed by atoms with van der Waals surface area (Å²) in [5.74, 6) is 0.628. The molecule has 0 bridgehead atoms. The number of pyridine rings is 1. The number of hydrogen-bond acceptors (Lipinski definition) is 5. The molecule has 2 aromatic rings. The average molecular weight is 324 g/mol. The number of rotatable bonds is 3. The van der Waals surface area contributed by atoms with E-state index in [1.54, 1.807) is 6.07 Å². The molecule has 0 atom stereocenters. The molecule has 5 nitrogen and oxygen atoms in total. The molecule has 0 N–H and O–H groups in total. The summed E-state index contributed by atoms with van der Waals surface area (Å²) in [6.07, 6.45) is 1.06. The topological polar surface area (TPSA) is 51.7 Å². The highest BCUT2D eigenvalue weighted by Crippen LogP contribution is 2.41. The zero-order valence-corrected chi connectivity index (χ0v) is 13.7. The Balaban J connectivity index is 1.39. The van der Waals surface area contributed by atoms with Crippen molar-refractivity contribution in [1.82, 2.24) is 9.88 Å². The molecule has 24 heavy (non-hydrogen) atoms. The molecule has 5 heteroatoms. The zero-order chi connectivity index (χ0) is 16.6. The highest BCUT2D eigenvalue weighted by Gasteiger charge is 2.46. The van der Waals surface area contributed by atoms with E-state index >= 15 is 0 Å². The quantitative estimate of drug-likeness (QED) is 0.811. The molecule has 0 radical (unpaired) electrons. The number of carbonyl (C=O) groups excluding carboxylic acids is 1. The molecule has 2 aliphatic heterocycles. The Morgan fingerprint density at radius 1 is 1.25 bits per heavy atom. The fourth-order valence-electron chi connectivity index (χ4n) is 3.71. The minimum absolute atomic E-state index is 0.217. The van der Waals surface area contributed by atoms with Crippen LogP contribution in [0.2, 0.25) is 0 Å². The Morgan fingerprint density at radius 3 is 2.92 bits per heavy atom. The van der Waals surface area contributed by atoms with Gasteiger partial charge in [0.1, 0.15) is 11.4 Å². The van der Waals surface area contributed by atoms with E-state index in [4.69, 9.17) is 9.47 Å². The molecule has 1 fully saturated rings. The monoisotopic (exact) mass is 324 g/mol. The molecule has 0 aliphatic carbocycles. The van der Waals surface area contributed by atoms with E-state index in [-0.39, 0.29) is 5.41 Å². The SMILES string of the molecule is COC(=O)c1cccc(CN2CC3(COc4ccccc4C3)C2)n1. The van der Waals surface area contributed by atoms with Gasteiger partial charge in [0.25, 0.3) is 0 Å².